The third-order valence-electron chi connectivity index (χ3n) is 4.26. The Bertz CT molecular complexity index is 941. The number of alkyl halides is 3. The molecule has 1 amide bonds. The number of anilines is 2. The smallest absolute Gasteiger partial charge is 0.326 e. The SMILES string of the molecule is O=C(CCS(=O)(=O)N1CCc2ccccc21)Nc1ccc(C(F)(F)F)cc1. The van der Waals surface area contributed by atoms with Crippen LogP contribution in [0.15, 0.2) is 48.5 Å². The minimum absolute atomic E-state index is 0.178. The first kappa shape index (κ1) is 19.2. The van der Waals surface area contributed by atoms with E-state index in [1.54, 1.807) is 12.1 Å². The number of halogens is 3. The molecule has 0 atom stereocenters. The van der Waals surface area contributed by atoms with Crippen LogP contribution in [0.5, 0.6) is 0 Å². The first-order valence-corrected chi connectivity index (χ1v) is 9.83. The van der Waals surface area contributed by atoms with Gasteiger partial charge in [-0.3, -0.25) is 9.10 Å². The van der Waals surface area contributed by atoms with Gasteiger partial charge in [0.05, 0.1) is 17.0 Å². The molecular weight excluding hydrogens is 381 g/mol. The van der Waals surface area contributed by atoms with Gasteiger partial charge in [-0.25, -0.2) is 8.42 Å². The molecule has 0 unspecified atom stereocenters. The van der Waals surface area contributed by atoms with Crippen LogP contribution in [0.25, 0.3) is 0 Å². The van der Waals surface area contributed by atoms with Crippen molar-refractivity contribution in [1.29, 1.82) is 0 Å². The lowest BCUT2D eigenvalue weighted by atomic mass is 10.2. The highest BCUT2D eigenvalue weighted by Crippen LogP contribution is 2.31. The van der Waals surface area contributed by atoms with Gasteiger partial charge in [-0.1, -0.05) is 18.2 Å². The van der Waals surface area contributed by atoms with E-state index < -0.39 is 27.7 Å². The summed E-state index contributed by atoms with van der Waals surface area (Å²) in [6.45, 7) is 0.336. The summed E-state index contributed by atoms with van der Waals surface area (Å²) in [5.74, 6) is -0.959. The van der Waals surface area contributed by atoms with Crippen LogP contribution in [0.4, 0.5) is 24.5 Å². The highest BCUT2D eigenvalue weighted by atomic mass is 32.2. The zero-order chi connectivity index (χ0) is 19.7. The van der Waals surface area contributed by atoms with Gasteiger partial charge in [0.15, 0.2) is 0 Å². The van der Waals surface area contributed by atoms with Crippen LogP contribution in [-0.4, -0.2) is 26.6 Å². The van der Waals surface area contributed by atoms with Crippen LogP contribution in [-0.2, 0) is 27.4 Å². The molecule has 27 heavy (non-hydrogen) atoms. The summed E-state index contributed by atoms with van der Waals surface area (Å²) in [7, 11) is -3.66. The van der Waals surface area contributed by atoms with Gasteiger partial charge in [0.1, 0.15) is 0 Å². The number of para-hydroxylation sites is 1. The molecule has 0 aliphatic carbocycles. The summed E-state index contributed by atoms with van der Waals surface area (Å²) in [5.41, 5.74) is 0.920. The molecular formula is C18H17F3N2O3S. The second-order valence-corrected chi connectivity index (χ2v) is 8.15. The van der Waals surface area contributed by atoms with Gasteiger partial charge in [-0.05, 0) is 42.3 Å². The van der Waals surface area contributed by atoms with Crippen molar-refractivity contribution in [3.63, 3.8) is 0 Å². The molecule has 144 valence electrons. The summed E-state index contributed by atoms with van der Waals surface area (Å²) < 4.78 is 63.9. The van der Waals surface area contributed by atoms with Crippen LogP contribution in [0.1, 0.15) is 17.5 Å². The number of carbonyl (C=O) groups excluding carboxylic acids is 1. The number of nitrogens with zero attached hydrogens (tertiary/aromatic N) is 1. The monoisotopic (exact) mass is 398 g/mol. The van der Waals surface area contributed by atoms with Crippen LogP contribution < -0.4 is 9.62 Å². The van der Waals surface area contributed by atoms with Crippen molar-refractivity contribution >= 4 is 27.3 Å². The minimum Gasteiger partial charge on any atom is -0.326 e. The average Bonchev–Trinajstić information content (AvgIpc) is 3.05. The summed E-state index contributed by atoms with van der Waals surface area (Å²) in [5, 5.41) is 2.41. The van der Waals surface area contributed by atoms with E-state index in [-0.39, 0.29) is 17.9 Å². The van der Waals surface area contributed by atoms with E-state index in [1.165, 1.54) is 4.31 Å². The fraction of sp³-hybridized carbons (Fsp3) is 0.278. The lowest BCUT2D eigenvalue weighted by Gasteiger charge is -2.19. The fourth-order valence-electron chi connectivity index (χ4n) is 2.89. The number of fused-ring (bicyclic) bond motifs is 1. The second-order valence-electron chi connectivity index (χ2n) is 6.14. The van der Waals surface area contributed by atoms with Crippen LogP contribution in [0.2, 0.25) is 0 Å². The van der Waals surface area contributed by atoms with Gasteiger partial charge in [0.2, 0.25) is 15.9 Å². The maximum Gasteiger partial charge on any atom is 0.416 e. The highest BCUT2D eigenvalue weighted by Gasteiger charge is 2.30. The van der Waals surface area contributed by atoms with E-state index in [9.17, 15) is 26.4 Å². The van der Waals surface area contributed by atoms with E-state index >= 15 is 0 Å². The van der Waals surface area contributed by atoms with E-state index in [1.807, 2.05) is 12.1 Å². The molecule has 1 heterocycles. The van der Waals surface area contributed by atoms with Gasteiger partial charge >= 0.3 is 6.18 Å². The van der Waals surface area contributed by atoms with Gasteiger partial charge in [0, 0.05) is 18.7 Å². The standard InChI is InChI=1S/C18H17F3N2O3S/c19-18(20,21)14-5-7-15(8-6-14)22-17(24)10-12-27(25,26)23-11-9-13-3-1-2-4-16(13)23/h1-8H,9-12H2,(H,22,24). The average molecular weight is 398 g/mol. The molecule has 0 saturated carbocycles. The zero-order valence-electron chi connectivity index (χ0n) is 14.2. The molecule has 0 bridgehead atoms. The molecule has 2 aromatic carbocycles. The Balaban J connectivity index is 1.59. The molecule has 0 radical (unpaired) electrons. The molecule has 1 N–H and O–H groups in total. The zero-order valence-corrected chi connectivity index (χ0v) is 15.0. The number of nitrogens with one attached hydrogen (secondary N) is 1. The Morgan fingerprint density at radius 2 is 1.74 bits per heavy atom. The highest BCUT2D eigenvalue weighted by molar-refractivity contribution is 7.92. The normalized spacial score (nSPS) is 14.1. The molecule has 1 aliphatic heterocycles. The second kappa shape index (κ2) is 7.22. The summed E-state index contributed by atoms with van der Waals surface area (Å²) in [6.07, 6.45) is -4.13. The van der Waals surface area contributed by atoms with Crippen molar-refractivity contribution in [2.24, 2.45) is 0 Å². The maximum atomic E-state index is 12.5. The number of rotatable bonds is 5. The Morgan fingerprint density at radius 1 is 1.07 bits per heavy atom. The molecule has 2 aromatic rings. The van der Waals surface area contributed by atoms with Crippen molar-refractivity contribution < 1.29 is 26.4 Å². The van der Waals surface area contributed by atoms with E-state index in [2.05, 4.69) is 5.32 Å². The lowest BCUT2D eigenvalue weighted by molar-refractivity contribution is -0.137. The summed E-state index contributed by atoms with van der Waals surface area (Å²) in [6, 6.07) is 11.2. The molecule has 3 rings (SSSR count). The summed E-state index contributed by atoms with van der Waals surface area (Å²) in [4.78, 5) is 12.0. The van der Waals surface area contributed by atoms with E-state index in [4.69, 9.17) is 0 Å². The number of hydrogen-bond donors (Lipinski definition) is 1. The number of hydrogen-bond acceptors (Lipinski definition) is 3. The van der Waals surface area contributed by atoms with Gasteiger partial charge in [-0.15, -0.1) is 0 Å². The third-order valence-corrected chi connectivity index (χ3v) is 6.03. The topological polar surface area (TPSA) is 66.5 Å². The number of amides is 1. The van der Waals surface area contributed by atoms with Crippen LogP contribution in [0, 0.1) is 0 Å². The van der Waals surface area contributed by atoms with Crippen molar-refractivity contribution in [1.82, 2.24) is 0 Å². The Labute approximate surface area is 154 Å². The van der Waals surface area contributed by atoms with Crippen LogP contribution >= 0.6 is 0 Å². The van der Waals surface area contributed by atoms with Crippen molar-refractivity contribution in [2.45, 2.75) is 19.0 Å². The number of benzene rings is 2. The summed E-state index contributed by atoms with van der Waals surface area (Å²) >= 11 is 0. The van der Waals surface area contributed by atoms with E-state index in [0.29, 0.717) is 18.7 Å². The van der Waals surface area contributed by atoms with E-state index in [0.717, 1.165) is 29.8 Å². The molecule has 0 saturated heterocycles. The fourth-order valence-corrected chi connectivity index (χ4v) is 4.41. The number of carbonyl (C=O) groups is 1. The maximum absolute atomic E-state index is 12.5. The molecule has 0 aromatic heterocycles. The van der Waals surface area contributed by atoms with Gasteiger partial charge < -0.3 is 5.32 Å². The molecule has 5 nitrogen and oxygen atoms in total. The minimum atomic E-state index is -4.46. The lowest BCUT2D eigenvalue weighted by Crippen LogP contribution is -2.32. The molecule has 1 aliphatic rings. The Kier molecular flexibility index (Phi) is 5.14. The predicted octanol–water partition coefficient (Wildman–Crippen LogP) is 3.43. The Hall–Kier alpha value is -2.55. The Morgan fingerprint density at radius 3 is 2.41 bits per heavy atom. The van der Waals surface area contributed by atoms with Gasteiger partial charge in [0.25, 0.3) is 0 Å². The molecule has 0 fully saturated rings. The number of sulfonamides is 1. The largest absolute Gasteiger partial charge is 0.416 e. The predicted molar refractivity (Wildman–Crippen MR) is 96.0 cm³/mol. The third kappa shape index (κ3) is 4.41. The van der Waals surface area contributed by atoms with Crippen LogP contribution in [0.3, 0.4) is 0 Å². The van der Waals surface area contributed by atoms with Crippen molar-refractivity contribution in [3.8, 4) is 0 Å². The van der Waals surface area contributed by atoms with Gasteiger partial charge in [-0.2, -0.15) is 13.2 Å². The molecule has 0 spiro atoms. The van der Waals surface area contributed by atoms with Crippen molar-refractivity contribution in [2.75, 3.05) is 21.9 Å². The molecule has 9 heteroatoms. The first-order valence-electron chi connectivity index (χ1n) is 8.22. The van der Waals surface area contributed by atoms with Crippen molar-refractivity contribution in [3.05, 3.63) is 59.7 Å². The quantitative estimate of drug-likeness (QED) is 0.839. The first-order chi connectivity index (χ1) is 12.7.